The van der Waals surface area contributed by atoms with Gasteiger partial charge < -0.3 is 5.32 Å². The van der Waals surface area contributed by atoms with Crippen molar-refractivity contribution >= 4 is 5.91 Å². The molecule has 1 aromatic rings. The highest BCUT2D eigenvalue weighted by atomic mass is 16.2. The molecule has 1 aliphatic carbocycles. The number of aromatic nitrogens is 2. The third-order valence-electron chi connectivity index (χ3n) is 4.13. The Hall–Kier alpha value is -1.83. The summed E-state index contributed by atoms with van der Waals surface area (Å²) in [5.41, 5.74) is 1.23. The Bertz CT molecular complexity index is 506. The first-order valence-electron chi connectivity index (χ1n) is 6.76. The number of nitrogens with one attached hydrogen (secondary N) is 1. The number of amides is 1. The molecule has 1 fully saturated rings. The zero-order valence-corrected chi connectivity index (χ0v) is 11.6. The Morgan fingerprint density at radius 2 is 2.21 bits per heavy atom. The van der Waals surface area contributed by atoms with Crippen molar-refractivity contribution in [1.29, 1.82) is 5.26 Å². The molecule has 102 valence electrons. The summed E-state index contributed by atoms with van der Waals surface area (Å²) in [5, 5.41) is 16.4. The summed E-state index contributed by atoms with van der Waals surface area (Å²) >= 11 is 0. The summed E-state index contributed by atoms with van der Waals surface area (Å²) in [4.78, 5) is 12.3. The van der Waals surface area contributed by atoms with Crippen LogP contribution < -0.4 is 5.32 Å². The molecule has 0 aromatic carbocycles. The van der Waals surface area contributed by atoms with Crippen molar-refractivity contribution in [3.8, 4) is 6.07 Å². The predicted molar refractivity (Wildman–Crippen MR) is 70.9 cm³/mol. The van der Waals surface area contributed by atoms with Gasteiger partial charge in [-0.2, -0.15) is 10.4 Å². The zero-order chi connectivity index (χ0) is 13.9. The molecule has 0 aliphatic heterocycles. The molecule has 1 N–H and O–H groups in total. The van der Waals surface area contributed by atoms with E-state index in [-0.39, 0.29) is 5.91 Å². The van der Waals surface area contributed by atoms with Gasteiger partial charge in [-0.25, -0.2) is 0 Å². The van der Waals surface area contributed by atoms with Gasteiger partial charge in [0.05, 0.1) is 12.3 Å². The maximum absolute atomic E-state index is 12.3. The highest BCUT2D eigenvalue weighted by Crippen LogP contribution is 2.35. The third kappa shape index (κ3) is 2.62. The molecule has 0 atom stereocenters. The summed E-state index contributed by atoms with van der Waals surface area (Å²) in [6.07, 6.45) is 6.18. The number of hydrogen-bond donors (Lipinski definition) is 1. The fraction of sp³-hybridized carbons (Fsp3) is 0.643. The van der Waals surface area contributed by atoms with Crippen LogP contribution in [0.5, 0.6) is 0 Å². The molecule has 5 heteroatoms. The maximum Gasteiger partial charge on any atom is 0.240 e. The summed E-state index contributed by atoms with van der Waals surface area (Å²) < 4.78 is 1.78. The number of carbonyl (C=O) groups is 1. The summed E-state index contributed by atoms with van der Waals surface area (Å²) in [6.45, 7) is 2.41. The summed E-state index contributed by atoms with van der Waals surface area (Å²) in [7, 11) is 1.87. The Labute approximate surface area is 113 Å². The fourth-order valence-corrected chi connectivity index (χ4v) is 2.61. The molecule has 5 nitrogen and oxygen atoms in total. The minimum absolute atomic E-state index is 0.127. The Kier molecular flexibility index (Phi) is 3.89. The van der Waals surface area contributed by atoms with Crippen LogP contribution in [0.1, 0.15) is 43.4 Å². The minimum atomic E-state index is -0.811. The minimum Gasteiger partial charge on any atom is -0.351 e. The summed E-state index contributed by atoms with van der Waals surface area (Å²) in [5.74, 6) is -0.127. The van der Waals surface area contributed by atoms with E-state index >= 15 is 0 Å². The smallest absolute Gasteiger partial charge is 0.240 e. The highest BCUT2D eigenvalue weighted by Gasteiger charge is 2.39. The quantitative estimate of drug-likeness (QED) is 0.901. The van der Waals surface area contributed by atoms with Crippen molar-refractivity contribution in [2.24, 2.45) is 12.5 Å². The van der Waals surface area contributed by atoms with Crippen LogP contribution >= 0.6 is 0 Å². The molecule has 1 saturated carbocycles. The second-order valence-electron chi connectivity index (χ2n) is 5.32. The van der Waals surface area contributed by atoms with Crippen LogP contribution in [0.15, 0.2) is 6.20 Å². The summed E-state index contributed by atoms with van der Waals surface area (Å²) in [6, 6.07) is 2.24. The van der Waals surface area contributed by atoms with E-state index < -0.39 is 5.41 Å². The van der Waals surface area contributed by atoms with Gasteiger partial charge in [-0.3, -0.25) is 9.48 Å². The number of rotatable bonds is 3. The largest absolute Gasteiger partial charge is 0.351 e. The molecule has 0 unspecified atom stereocenters. The van der Waals surface area contributed by atoms with Gasteiger partial charge >= 0.3 is 0 Å². The van der Waals surface area contributed by atoms with Crippen molar-refractivity contribution in [2.75, 3.05) is 0 Å². The van der Waals surface area contributed by atoms with Gasteiger partial charge in [-0.05, 0) is 19.8 Å². The zero-order valence-electron chi connectivity index (χ0n) is 11.6. The van der Waals surface area contributed by atoms with Gasteiger partial charge in [0.15, 0.2) is 0 Å². The van der Waals surface area contributed by atoms with Crippen LogP contribution in [-0.2, 0) is 18.4 Å². The predicted octanol–water partition coefficient (Wildman–Crippen LogP) is 1.82. The lowest BCUT2D eigenvalue weighted by atomic mass is 9.74. The molecule has 0 radical (unpaired) electrons. The highest BCUT2D eigenvalue weighted by molar-refractivity contribution is 5.85. The number of nitriles is 1. The van der Waals surface area contributed by atoms with E-state index in [2.05, 4.69) is 16.5 Å². The molecule has 1 heterocycles. The molecule has 1 aromatic heterocycles. The molecule has 0 saturated heterocycles. The van der Waals surface area contributed by atoms with Crippen molar-refractivity contribution in [3.05, 3.63) is 17.5 Å². The molecule has 19 heavy (non-hydrogen) atoms. The molecule has 2 rings (SSSR count). The van der Waals surface area contributed by atoms with Gasteiger partial charge in [-0.15, -0.1) is 0 Å². The van der Waals surface area contributed by atoms with Crippen LogP contribution in [0.2, 0.25) is 0 Å². The van der Waals surface area contributed by atoms with Crippen LogP contribution in [0.25, 0.3) is 0 Å². The first-order chi connectivity index (χ1) is 9.09. The van der Waals surface area contributed by atoms with Gasteiger partial charge in [-0.1, -0.05) is 19.3 Å². The van der Waals surface area contributed by atoms with Crippen LogP contribution in [0.3, 0.4) is 0 Å². The Morgan fingerprint density at radius 1 is 1.53 bits per heavy atom. The molecule has 1 amide bonds. The van der Waals surface area contributed by atoms with Gasteiger partial charge in [0.25, 0.3) is 0 Å². The lowest BCUT2D eigenvalue weighted by Crippen LogP contribution is -2.41. The van der Waals surface area contributed by atoms with E-state index in [4.69, 9.17) is 0 Å². The standard InChI is InChI=1S/C14H20N4O/c1-11-12(9-17-18(11)2)8-16-13(19)14(10-15)6-4-3-5-7-14/h9H,3-8H2,1-2H3,(H,16,19). The van der Waals surface area contributed by atoms with Crippen molar-refractivity contribution in [3.63, 3.8) is 0 Å². The van der Waals surface area contributed by atoms with Crippen molar-refractivity contribution < 1.29 is 4.79 Å². The maximum atomic E-state index is 12.3. The topological polar surface area (TPSA) is 70.7 Å². The van der Waals surface area contributed by atoms with Crippen molar-refractivity contribution in [1.82, 2.24) is 15.1 Å². The lowest BCUT2D eigenvalue weighted by Gasteiger charge is -2.29. The monoisotopic (exact) mass is 260 g/mol. The van der Waals surface area contributed by atoms with Crippen LogP contribution in [0, 0.1) is 23.7 Å². The average Bonchev–Trinajstić information content (AvgIpc) is 2.77. The molecule has 0 spiro atoms. The Morgan fingerprint density at radius 3 is 2.74 bits per heavy atom. The van der Waals surface area contributed by atoms with Gasteiger partial charge in [0.1, 0.15) is 5.41 Å². The number of hydrogen-bond acceptors (Lipinski definition) is 3. The van der Waals surface area contributed by atoms with E-state index in [1.807, 2.05) is 14.0 Å². The van der Waals surface area contributed by atoms with E-state index in [0.717, 1.165) is 30.5 Å². The van der Waals surface area contributed by atoms with Crippen molar-refractivity contribution in [2.45, 2.75) is 45.6 Å². The molecular weight excluding hydrogens is 240 g/mol. The van der Waals surface area contributed by atoms with E-state index in [9.17, 15) is 10.1 Å². The number of carbonyl (C=O) groups excluding carboxylic acids is 1. The molecule has 0 bridgehead atoms. The van der Waals surface area contributed by atoms with E-state index in [0.29, 0.717) is 19.4 Å². The van der Waals surface area contributed by atoms with Crippen LogP contribution in [0.4, 0.5) is 0 Å². The second-order valence-corrected chi connectivity index (χ2v) is 5.32. The molecular formula is C14H20N4O. The van der Waals surface area contributed by atoms with Gasteiger partial charge in [0, 0.05) is 24.8 Å². The second kappa shape index (κ2) is 5.43. The average molecular weight is 260 g/mol. The van der Waals surface area contributed by atoms with E-state index in [1.54, 1.807) is 10.9 Å². The Balaban J connectivity index is 2.01. The number of nitrogens with zero attached hydrogens (tertiary/aromatic N) is 3. The fourth-order valence-electron chi connectivity index (χ4n) is 2.61. The molecule has 1 aliphatic rings. The van der Waals surface area contributed by atoms with Crippen LogP contribution in [-0.4, -0.2) is 15.7 Å². The normalized spacial score (nSPS) is 17.7. The van der Waals surface area contributed by atoms with E-state index in [1.165, 1.54) is 0 Å². The number of aryl methyl sites for hydroxylation is 1. The van der Waals surface area contributed by atoms with Gasteiger partial charge in [0.2, 0.25) is 5.91 Å². The first-order valence-corrected chi connectivity index (χ1v) is 6.76. The lowest BCUT2D eigenvalue weighted by molar-refractivity contribution is -0.129. The first kappa shape index (κ1) is 13.6. The third-order valence-corrected chi connectivity index (χ3v) is 4.13. The SMILES string of the molecule is Cc1c(CNC(=O)C2(C#N)CCCCC2)cnn1C.